The van der Waals surface area contributed by atoms with Crippen molar-refractivity contribution in [3.8, 4) is 0 Å². The van der Waals surface area contributed by atoms with Gasteiger partial charge in [0, 0.05) is 26.2 Å². The maximum atomic E-state index is 11.2. The fraction of sp³-hybridized carbons (Fsp3) is 0.267. The summed E-state index contributed by atoms with van der Waals surface area (Å²) in [7, 11) is 0. The van der Waals surface area contributed by atoms with Gasteiger partial charge in [0.25, 0.3) is 5.91 Å². The highest BCUT2D eigenvalue weighted by Gasteiger charge is 2.20. The Bertz CT molecular complexity index is 685. The number of anilines is 2. The molecular formula is C15H16ClN5O. The van der Waals surface area contributed by atoms with Crippen molar-refractivity contribution < 1.29 is 4.79 Å². The number of hydrogen-bond donors (Lipinski definition) is 1. The first-order chi connectivity index (χ1) is 10.6. The highest BCUT2D eigenvalue weighted by Crippen LogP contribution is 2.26. The fourth-order valence-corrected chi connectivity index (χ4v) is 2.77. The lowest BCUT2D eigenvalue weighted by Crippen LogP contribution is -2.47. The molecule has 1 amide bonds. The Labute approximate surface area is 133 Å². The molecule has 22 heavy (non-hydrogen) atoms. The monoisotopic (exact) mass is 317 g/mol. The van der Waals surface area contributed by atoms with Gasteiger partial charge in [0.15, 0.2) is 0 Å². The van der Waals surface area contributed by atoms with Crippen LogP contribution in [0.25, 0.3) is 0 Å². The van der Waals surface area contributed by atoms with Crippen LogP contribution in [0.1, 0.15) is 10.5 Å². The second-order valence-electron chi connectivity index (χ2n) is 5.05. The standard InChI is InChI=1S/C15H16ClN5O/c16-11-3-1-2-4-13(11)20-5-7-21(8-6-20)14-10-18-9-12(19-14)15(17)22/h1-4,9-10H,5-8H2,(H2,17,22). The van der Waals surface area contributed by atoms with Gasteiger partial charge in [-0.15, -0.1) is 0 Å². The Morgan fingerprint density at radius 1 is 1.09 bits per heavy atom. The summed E-state index contributed by atoms with van der Waals surface area (Å²) in [6.07, 6.45) is 3.03. The van der Waals surface area contributed by atoms with Crippen molar-refractivity contribution in [2.24, 2.45) is 5.73 Å². The van der Waals surface area contributed by atoms with Gasteiger partial charge in [-0.25, -0.2) is 4.98 Å². The fourth-order valence-electron chi connectivity index (χ4n) is 2.51. The number of benzene rings is 1. The van der Waals surface area contributed by atoms with Crippen LogP contribution >= 0.6 is 11.6 Å². The lowest BCUT2D eigenvalue weighted by Gasteiger charge is -2.37. The molecule has 0 saturated carbocycles. The second kappa shape index (κ2) is 6.19. The van der Waals surface area contributed by atoms with E-state index >= 15 is 0 Å². The van der Waals surface area contributed by atoms with E-state index in [1.807, 2.05) is 24.3 Å². The summed E-state index contributed by atoms with van der Waals surface area (Å²) in [5.41, 5.74) is 6.47. The van der Waals surface area contributed by atoms with Crippen molar-refractivity contribution in [3.63, 3.8) is 0 Å². The summed E-state index contributed by atoms with van der Waals surface area (Å²) < 4.78 is 0. The summed E-state index contributed by atoms with van der Waals surface area (Å²) in [4.78, 5) is 23.8. The SMILES string of the molecule is NC(=O)c1cncc(N2CCN(c3ccccc3Cl)CC2)n1. The Morgan fingerprint density at radius 3 is 2.45 bits per heavy atom. The molecular weight excluding hydrogens is 302 g/mol. The minimum atomic E-state index is -0.566. The number of amides is 1. The molecule has 2 N–H and O–H groups in total. The third kappa shape index (κ3) is 2.96. The van der Waals surface area contributed by atoms with Gasteiger partial charge >= 0.3 is 0 Å². The number of halogens is 1. The number of carbonyl (C=O) groups is 1. The van der Waals surface area contributed by atoms with E-state index in [1.165, 1.54) is 6.20 Å². The van der Waals surface area contributed by atoms with Crippen LogP contribution in [0.5, 0.6) is 0 Å². The minimum absolute atomic E-state index is 0.186. The van der Waals surface area contributed by atoms with Gasteiger partial charge in [0.1, 0.15) is 11.5 Å². The summed E-state index contributed by atoms with van der Waals surface area (Å²) in [5, 5.41) is 0.756. The van der Waals surface area contributed by atoms with Crippen LogP contribution in [0.3, 0.4) is 0 Å². The molecule has 7 heteroatoms. The first kappa shape index (κ1) is 14.6. The number of nitrogens with zero attached hydrogens (tertiary/aromatic N) is 4. The van der Waals surface area contributed by atoms with E-state index in [-0.39, 0.29) is 5.69 Å². The van der Waals surface area contributed by atoms with Crippen LogP contribution in [0.4, 0.5) is 11.5 Å². The summed E-state index contributed by atoms with van der Waals surface area (Å²) >= 11 is 6.24. The van der Waals surface area contributed by atoms with E-state index in [0.717, 1.165) is 36.9 Å². The van der Waals surface area contributed by atoms with Crippen molar-refractivity contribution in [2.75, 3.05) is 36.0 Å². The number of hydrogen-bond acceptors (Lipinski definition) is 5. The van der Waals surface area contributed by atoms with Crippen LogP contribution in [-0.4, -0.2) is 42.1 Å². The zero-order valence-electron chi connectivity index (χ0n) is 11.9. The topological polar surface area (TPSA) is 75.4 Å². The van der Waals surface area contributed by atoms with Crippen molar-refractivity contribution in [2.45, 2.75) is 0 Å². The lowest BCUT2D eigenvalue weighted by molar-refractivity contribution is 0.0995. The molecule has 1 aliphatic heterocycles. The van der Waals surface area contributed by atoms with Gasteiger partial charge in [-0.2, -0.15) is 0 Å². The highest BCUT2D eigenvalue weighted by atomic mass is 35.5. The largest absolute Gasteiger partial charge is 0.367 e. The van der Waals surface area contributed by atoms with Gasteiger partial charge in [0.05, 0.1) is 23.1 Å². The van der Waals surface area contributed by atoms with Crippen molar-refractivity contribution in [1.29, 1.82) is 0 Å². The predicted molar refractivity (Wildman–Crippen MR) is 86.4 cm³/mol. The van der Waals surface area contributed by atoms with Gasteiger partial charge < -0.3 is 15.5 Å². The first-order valence-electron chi connectivity index (χ1n) is 7.01. The van der Waals surface area contributed by atoms with Crippen molar-refractivity contribution in [1.82, 2.24) is 9.97 Å². The second-order valence-corrected chi connectivity index (χ2v) is 5.46. The van der Waals surface area contributed by atoms with E-state index < -0.39 is 5.91 Å². The summed E-state index contributed by atoms with van der Waals surface area (Å²) in [6, 6.07) is 7.82. The zero-order valence-corrected chi connectivity index (χ0v) is 12.7. The Hall–Kier alpha value is -2.34. The average molecular weight is 318 g/mol. The molecule has 114 valence electrons. The van der Waals surface area contributed by atoms with Gasteiger partial charge in [-0.05, 0) is 12.1 Å². The molecule has 0 aliphatic carbocycles. The number of carbonyl (C=O) groups excluding carboxylic acids is 1. The Kier molecular flexibility index (Phi) is 4.11. The molecule has 1 aliphatic rings. The molecule has 6 nitrogen and oxygen atoms in total. The molecule has 0 unspecified atom stereocenters. The molecule has 2 heterocycles. The first-order valence-corrected chi connectivity index (χ1v) is 7.39. The molecule has 1 aromatic carbocycles. The molecule has 2 aromatic rings. The third-order valence-corrected chi connectivity index (χ3v) is 3.99. The van der Waals surface area contributed by atoms with E-state index in [9.17, 15) is 4.79 Å². The molecule has 3 rings (SSSR count). The molecule has 1 aromatic heterocycles. The summed E-state index contributed by atoms with van der Waals surface area (Å²) in [5.74, 6) is 0.110. The van der Waals surface area contributed by atoms with Gasteiger partial charge in [-0.1, -0.05) is 23.7 Å². The maximum absolute atomic E-state index is 11.2. The molecule has 1 fully saturated rings. The molecule has 0 bridgehead atoms. The third-order valence-electron chi connectivity index (χ3n) is 3.67. The van der Waals surface area contributed by atoms with E-state index in [2.05, 4.69) is 19.8 Å². The zero-order chi connectivity index (χ0) is 15.5. The average Bonchev–Trinajstić information content (AvgIpc) is 2.56. The van der Waals surface area contributed by atoms with Crippen LogP contribution in [-0.2, 0) is 0 Å². The van der Waals surface area contributed by atoms with Crippen LogP contribution in [0.2, 0.25) is 5.02 Å². The predicted octanol–water partition coefficient (Wildman–Crippen LogP) is 1.56. The van der Waals surface area contributed by atoms with Crippen molar-refractivity contribution >= 4 is 29.0 Å². The normalized spacial score (nSPS) is 15.0. The molecule has 0 spiro atoms. The number of aromatic nitrogens is 2. The number of rotatable bonds is 3. The van der Waals surface area contributed by atoms with Crippen LogP contribution in [0, 0.1) is 0 Å². The van der Waals surface area contributed by atoms with E-state index in [1.54, 1.807) is 6.20 Å². The molecule has 1 saturated heterocycles. The maximum Gasteiger partial charge on any atom is 0.268 e. The lowest BCUT2D eigenvalue weighted by atomic mass is 10.2. The van der Waals surface area contributed by atoms with Crippen molar-refractivity contribution in [3.05, 3.63) is 47.4 Å². The van der Waals surface area contributed by atoms with Gasteiger partial charge in [0.2, 0.25) is 0 Å². The van der Waals surface area contributed by atoms with Crippen LogP contribution < -0.4 is 15.5 Å². The van der Waals surface area contributed by atoms with E-state index in [4.69, 9.17) is 17.3 Å². The quantitative estimate of drug-likeness (QED) is 0.929. The minimum Gasteiger partial charge on any atom is -0.367 e. The highest BCUT2D eigenvalue weighted by molar-refractivity contribution is 6.33. The Morgan fingerprint density at radius 2 is 1.77 bits per heavy atom. The Balaban J connectivity index is 1.71. The number of piperazine rings is 1. The van der Waals surface area contributed by atoms with Gasteiger partial charge in [-0.3, -0.25) is 9.78 Å². The van der Waals surface area contributed by atoms with E-state index in [0.29, 0.717) is 5.82 Å². The molecule has 0 radical (unpaired) electrons. The number of primary amides is 1. The molecule has 0 atom stereocenters. The summed E-state index contributed by atoms with van der Waals surface area (Å²) in [6.45, 7) is 3.21. The number of para-hydroxylation sites is 1. The number of nitrogens with two attached hydrogens (primary N) is 1. The van der Waals surface area contributed by atoms with Crippen LogP contribution in [0.15, 0.2) is 36.7 Å². The smallest absolute Gasteiger partial charge is 0.268 e.